The number of carbonyl (C=O) groups is 1. The molecular weight excluding hydrogens is 394 g/mol. The molecule has 0 aliphatic rings. The summed E-state index contributed by atoms with van der Waals surface area (Å²) in [6, 6.07) is 17.1. The van der Waals surface area contributed by atoms with Crippen LogP contribution in [0.1, 0.15) is 11.1 Å². The summed E-state index contributed by atoms with van der Waals surface area (Å²) in [7, 11) is 0. The largest absolute Gasteiger partial charge is 0.489 e. The van der Waals surface area contributed by atoms with Crippen LogP contribution in [0.5, 0.6) is 5.75 Å². The lowest BCUT2D eigenvalue weighted by molar-refractivity contribution is -0.118. The number of carbonyl (C=O) groups excluding carboxylic acids is 1. The van der Waals surface area contributed by atoms with Gasteiger partial charge >= 0.3 is 5.69 Å². The first kappa shape index (κ1) is 20.1. The van der Waals surface area contributed by atoms with Crippen LogP contribution < -0.4 is 21.4 Å². The van der Waals surface area contributed by atoms with E-state index in [9.17, 15) is 14.4 Å². The summed E-state index contributed by atoms with van der Waals surface area (Å²) in [5, 5.41) is 9.54. The first-order chi connectivity index (χ1) is 14.1. The standard InChI is InChI=1S/C19H17N5O4S/c25-16(12-29-18-17(26)21-19(27)24-23-18)22-20-10-13-6-8-15(9-7-13)28-11-14-4-2-1-3-5-14/h1-10H,11-12H2,(H,22,25)(H2,21,24,26,27)/b20-10+. The van der Waals surface area contributed by atoms with Crippen molar-refractivity contribution in [2.45, 2.75) is 11.6 Å². The van der Waals surface area contributed by atoms with Gasteiger partial charge < -0.3 is 4.74 Å². The van der Waals surface area contributed by atoms with E-state index in [1.807, 2.05) is 59.6 Å². The van der Waals surface area contributed by atoms with E-state index in [2.05, 4.69) is 20.7 Å². The van der Waals surface area contributed by atoms with Gasteiger partial charge in [-0.3, -0.25) is 14.6 Å². The van der Waals surface area contributed by atoms with Crippen LogP contribution in [0.3, 0.4) is 0 Å². The van der Waals surface area contributed by atoms with Gasteiger partial charge in [-0.05, 0) is 35.4 Å². The maximum Gasteiger partial charge on any atom is 0.342 e. The Morgan fingerprint density at radius 3 is 2.62 bits per heavy atom. The number of nitrogens with zero attached hydrogens (tertiary/aromatic N) is 2. The number of ether oxygens (including phenoxy) is 1. The molecule has 3 rings (SSSR count). The zero-order chi connectivity index (χ0) is 20.5. The number of rotatable bonds is 8. The van der Waals surface area contributed by atoms with E-state index in [1.54, 1.807) is 0 Å². The van der Waals surface area contributed by atoms with Gasteiger partial charge in [-0.15, -0.1) is 0 Å². The molecule has 0 radical (unpaired) electrons. The van der Waals surface area contributed by atoms with Gasteiger partial charge in [0.05, 0.1) is 12.0 Å². The minimum absolute atomic E-state index is 0.00480. The van der Waals surface area contributed by atoms with Crippen molar-refractivity contribution in [2.24, 2.45) is 5.10 Å². The summed E-state index contributed by atoms with van der Waals surface area (Å²) in [4.78, 5) is 36.2. The second kappa shape index (κ2) is 10.0. The summed E-state index contributed by atoms with van der Waals surface area (Å²) < 4.78 is 5.71. The molecule has 0 unspecified atom stereocenters. The van der Waals surface area contributed by atoms with Gasteiger partial charge in [-0.2, -0.15) is 10.2 Å². The van der Waals surface area contributed by atoms with Gasteiger partial charge in [0.25, 0.3) is 5.56 Å². The van der Waals surface area contributed by atoms with E-state index >= 15 is 0 Å². The number of hydrogen-bond donors (Lipinski definition) is 3. The van der Waals surface area contributed by atoms with Crippen molar-refractivity contribution in [3.05, 3.63) is 86.6 Å². The molecule has 0 spiro atoms. The lowest BCUT2D eigenvalue weighted by Crippen LogP contribution is -2.26. The monoisotopic (exact) mass is 411 g/mol. The van der Waals surface area contributed by atoms with Crippen LogP contribution in [0.4, 0.5) is 0 Å². The first-order valence-corrected chi connectivity index (χ1v) is 9.49. The van der Waals surface area contributed by atoms with Crippen LogP contribution in [0, 0.1) is 0 Å². The highest BCUT2D eigenvalue weighted by molar-refractivity contribution is 7.99. The minimum Gasteiger partial charge on any atom is -0.489 e. The Kier molecular flexibility index (Phi) is 6.95. The quantitative estimate of drug-likeness (QED) is 0.291. The second-order valence-corrected chi connectivity index (χ2v) is 6.70. The zero-order valence-corrected chi connectivity index (χ0v) is 15.9. The lowest BCUT2D eigenvalue weighted by atomic mass is 10.2. The Balaban J connectivity index is 1.44. The molecule has 9 nitrogen and oxygen atoms in total. The van der Waals surface area contributed by atoms with Gasteiger partial charge in [-0.1, -0.05) is 42.1 Å². The highest BCUT2D eigenvalue weighted by Crippen LogP contribution is 2.13. The lowest BCUT2D eigenvalue weighted by Gasteiger charge is -2.06. The van der Waals surface area contributed by atoms with Crippen molar-refractivity contribution in [1.29, 1.82) is 0 Å². The van der Waals surface area contributed by atoms with E-state index in [-0.39, 0.29) is 10.8 Å². The fourth-order valence-electron chi connectivity index (χ4n) is 2.17. The van der Waals surface area contributed by atoms with Gasteiger partial charge in [-0.25, -0.2) is 15.3 Å². The van der Waals surface area contributed by atoms with Gasteiger partial charge in [0, 0.05) is 0 Å². The van der Waals surface area contributed by atoms with E-state index in [4.69, 9.17) is 4.74 Å². The van der Waals surface area contributed by atoms with Gasteiger partial charge in [0.2, 0.25) is 5.91 Å². The molecule has 1 heterocycles. The fraction of sp³-hybridized carbons (Fsp3) is 0.105. The highest BCUT2D eigenvalue weighted by Gasteiger charge is 2.07. The average molecular weight is 411 g/mol. The maximum absolute atomic E-state index is 11.8. The van der Waals surface area contributed by atoms with Crippen LogP contribution in [-0.2, 0) is 11.4 Å². The Labute approximate surface area is 169 Å². The molecule has 0 atom stereocenters. The van der Waals surface area contributed by atoms with E-state index in [0.717, 1.165) is 28.6 Å². The fourth-order valence-corrected chi connectivity index (χ4v) is 2.80. The molecule has 0 saturated heterocycles. The number of amides is 1. The van der Waals surface area contributed by atoms with Crippen LogP contribution in [0.15, 0.2) is 74.3 Å². The molecule has 0 fully saturated rings. The second-order valence-electron chi connectivity index (χ2n) is 5.74. The number of H-pyrrole nitrogens is 2. The zero-order valence-electron chi connectivity index (χ0n) is 15.1. The predicted molar refractivity (Wildman–Crippen MR) is 109 cm³/mol. The summed E-state index contributed by atoms with van der Waals surface area (Å²) in [6.07, 6.45) is 1.49. The van der Waals surface area contributed by atoms with Gasteiger partial charge in [0.15, 0.2) is 5.03 Å². The summed E-state index contributed by atoms with van der Waals surface area (Å²) in [5.74, 6) is 0.234. The summed E-state index contributed by atoms with van der Waals surface area (Å²) >= 11 is 0.888. The van der Waals surface area contributed by atoms with E-state index < -0.39 is 17.2 Å². The number of hydrazone groups is 1. The number of aromatic amines is 2. The van der Waals surface area contributed by atoms with Crippen LogP contribution in [0.25, 0.3) is 0 Å². The molecular formula is C19H17N5O4S. The molecule has 10 heteroatoms. The Hall–Kier alpha value is -3.66. The molecule has 0 bridgehead atoms. The minimum atomic E-state index is -0.704. The van der Waals surface area contributed by atoms with Crippen molar-refractivity contribution < 1.29 is 9.53 Å². The van der Waals surface area contributed by atoms with Gasteiger partial charge in [0.1, 0.15) is 12.4 Å². The first-order valence-electron chi connectivity index (χ1n) is 8.50. The number of benzene rings is 2. The van der Waals surface area contributed by atoms with E-state index in [1.165, 1.54) is 6.21 Å². The Morgan fingerprint density at radius 2 is 1.90 bits per heavy atom. The Bertz CT molecular complexity index is 1090. The van der Waals surface area contributed by atoms with Crippen molar-refractivity contribution >= 4 is 23.9 Å². The third-order valence-electron chi connectivity index (χ3n) is 3.55. The maximum atomic E-state index is 11.8. The molecule has 2 aromatic carbocycles. The molecule has 3 aromatic rings. The SMILES string of the molecule is O=C(CSc1n[nH]c(=O)[nH]c1=O)N/N=C/c1ccc(OCc2ccccc2)cc1. The van der Waals surface area contributed by atoms with Crippen molar-refractivity contribution in [3.63, 3.8) is 0 Å². The molecule has 0 aliphatic carbocycles. The Morgan fingerprint density at radius 1 is 1.14 bits per heavy atom. The highest BCUT2D eigenvalue weighted by atomic mass is 32.2. The molecule has 3 N–H and O–H groups in total. The van der Waals surface area contributed by atoms with Crippen molar-refractivity contribution in [1.82, 2.24) is 20.6 Å². The summed E-state index contributed by atoms with van der Waals surface area (Å²) in [5.41, 5.74) is 2.87. The molecule has 148 valence electrons. The van der Waals surface area contributed by atoms with E-state index in [0.29, 0.717) is 6.61 Å². The topological polar surface area (TPSA) is 129 Å². The normalized spacial score (nSPS) is 10.8. The van der Waals surface area contributed by atoms with Crippen molar-refractivity contribution in [3.8, 4) is 5.75 Å². The van der Waals surface area contributed by atoms with Crippen molar-refractivity contribution in [2.75, 3.05) is 5.75 Å². The molecule has 1 aromatic heterocycles. The molecule has 0 aliphatic heterocycles. The van der Waals surface area contributed by atoms with Crippen LogP contribution >= 0.6 is 11.8 Å². The molecule has 29 heavy (non-hydrogen) atoms. The molecule has 1 amide bonds. The van der Waals surface area contributed by atoms with Crippen LogP contribution in [0.2, 0.25) is 0 Å². The third kappa shape index (κ3) is 6.47. The average Bonchev–Trinajstić information content (AvgIpc) is 2.73. The number of aromatic nitrogens is 3. The predicted octanol–water partition coefficient (Wildman–Crippen LogP) is 1.28. The number of hydrogen-bond acceptors (Lipinski definition) is 7. The van der Waals surface area contributed by atoms with Crippen LogP contribution in [-0.4, -0.2) is 33.1 Å². The molecule has 0 saturated carbocycles. The third-order valence-corrected chi connectivity index (χ3v) is 4.51. The number of thioether (sulfide) groups is 1. The summed E-state index contributed by atoms with van der Waals surface area (Å²) in [6.45, 7) is 0.481. The number of nitrogens with one attached hydrogen (secondary N) is 3. The smallest absolute Gasteiger partial charge is 0.342 e.